The summed E-state index contributed by atoms with van der Waals surface area (Å²) in [5.41, 5.74) is 3.64. The molecule has 19 heavy (non-hydrogen) atoms. The van der Waals surface area contributed by atoms with E-state index in [0.717, 1.165) is 16.7 Å². The van der Waals surface area contributed by atoms with E-state index < -0.39 is 0 Å². The molecule has 0 aliphatic carbocycles. The number of halogens is 2. The second-order valence-corrected chi connectivity index (χ2v) is 5.33. The predicted octanol–water partition coefficient (Wildman–Crippen LogP) is 5.15. The van der Waals surface area contributed by atoms with Gasteiger partial charge in [0.2, 0.25) is 0 Å². The first kappa shape index (κ1) is 14.1. The summed E-state index contributed by atoms with van der Waals surface area (Å²) in [5.74, 6) is -0.0897. The van der Waals surface area contributed by atoms with Crippen LogP contribution in [0.25, 0.3) is 0 Å². The molecule has 0 aliphatic heterocycles. The monoisotopic (exact) mass is 292 g/mol. The van der Waals surface area contributed by atoms with Crippen LogP contribution in [0.3, 0.4) is 0 Å². The standard InChI is InChI=1S/C16H14Cl2O/c1-9-10(2)15(18)13(11(3)14(9)17)16(19)12-7-5-4-6-8-12/h4-8H,1-3H3. The molecule has 0 bridgehead atoms. The van der Waals surface area contributed by atoms with Gasteiger partial charge < -0.3 is 0 Å². The Bertz CT molecular complexity index is 617. The first-order valence-electron chi connectivity index (χ1n) is 5.99. The number of carbonyl (C=O) groups is 1. The van der Waals surface area contributed by atoms with Crippen LogP contribution < -0.4 is 0 Å². The Hall–Kier alpha value is -1.31. The molecule has 0 aliphatic rings. The maximum absolute atomic E-state index is 12.6. The van der Waals surface area contributed by atoms with Crippen LogP contribution in [0.1, 0.15) is 32.6 Å². The first-order valence-corrected chi connectivity index (χ1v) is 6.75. The number of hydrogen-bond acceptors (Lipinski definition) is 1. The molecule has 2 aromatic carbocycles. The largest absolute Gasteiger partial charge is 0.289 e. The van der Waals surface area contributed by atoms with E-state index in [0.29, 0.717) is 21.2 Å². The average Bonchev–Trinajstić information content (AvgIpc) is 2.44. The van der Waals surface area contributed by atoms with Gasteiger partial charge in [-0.2, -0.15) is 0 Å². The van der Waals surface area contributed by atoms with Crippen molar-refractivity contribution in [3.05, 3.63) is 68.2 Å². The Balaban J connectivity index is 2.67. The van der Waals surface area contributed by atoms with Crippen LogP contribution >= 0.6 is 23.2 Å². The second kappa shape index (κ2) is 5.36. The molecular formula is C16H14Cl2O. The van der Waals surface area contributed by atoms with Gasteiger partial charge in [0.15, 0.2) is 5.78 Å². The highest BCUT2D eigenvalue weighted by atomic mass is 35.5. The van der Waals surface area contributed by atoms with Gasteiger partial charge in [0.05, 0.1) is 5.02 Å². The summed E-state index contributed by atoms with van der Waals surface area (Å²) in [4.78, 5) is 12.6. The summed E-state index contributed by atoms with van der Waals surface area (Å²) in [5, 5.41) is 1.11. The van der Waals surface area contributed by atoms with Crippen LogP contribution in [0, 0.1) is 20.8 Å². The molecule has 98 valence electrons. The zero-order chi connectivity index (χ0) is 14.2. The molecular weight excluding hydrogens is 279 g/mol. The Morgan fingerprint density at radius 3 is 1.95 bits per heavy atom. The van der Waals surface area contributed by atoms with Gasteiger partial charge in [-0.15, -0.1) is 0 Å². The number of hydrogen-bond donors (Lipinski definition) is 0. The van der Waals surface area contributed by atoms with E-state index >= 15 is 0 Å². The molecule has 0 saturated heterocycles. The molecule has 2 rings (SSSR count). The maximum atomic E-state index is 12.6. The molecule has 2 aromatic rings. The van der Waals surface area contributed by atoms with Crippen LogP contribution in [0.15, 0.2) is 30.3 Å². The van der Waals surface area contributed by atoms with Gasteiger partial charge >= 0.3 is 0 Å². The lowest BCUT2D eigenvalue weighted by molar-refractivity contribution is 0.103. The van der Waals surface area contributed by atoms with Gasteiger partial charge in [0.1, 0.15) is 0 Å². The molecule has 0 radical (unpaired) electrons. The topological polar surface area (TPSA) is 17.1 Å². The lowest BCUT2D eigenvalue weighted by Crippen LogP contribution is -2.07. The van der Waals surface area contributed by atoms with E-state index in [1.807, 2.05) is 39.0 Å². The molecule has 0 aromatic heterocycles. The SMILES string of the molecule is Cc1c(C)c(Cl)c(C(=O)c2ccccc2)c(C)c1Cl. The van der Waals surface area contributed by atoms with Crippen molar-refractivity contribution in [3.63, 3.8) is 0 Å². The molecule has 0 N–H and O–H groups in total. The molecule has 3 heteroatoms. The molecule has 0 saturated carbocycles. The van der Waals surface area contributed by atoms with Crippen molar-refractivity contribution in [2.75, 3.05) is 0 Å². The third-order valence-corrected chi connectivity index (χ3v) is 4.45. The molecule has 0 heterocycles. The number of rotatable bonds is 2. The lowest BCUT2D eigenvalue weighted by Gasteiger charge is -2.15. The molecule has 0 spiro atoms. The normalized spacial score (nSPS) is 10.6. The van der Waals surface area contributed by atoms with Gasteiger partial charge in [0, 0.05) is 16.1 Å². The van der Waals surface area contributed by atoms with E-state index in [1.54, 1.807) is 12.1 Å². The van der Waals surface area contributed by atoms with Crippen molar-refractivity contribution in [2.45, 2.75) is 20.8 Å². The van der Waals surface area contributed by atoms with E-state index in [2.05, 4.69) is 0 Å². The van der Waals surface area contributed by atoms with Crippen LogP contribution in [0.4, 0.5) is 0 Å². The highest BCUT2D eigenvalue weighted by molar-refractivity contribution is 6.38. The minimum Gasteiger partial charge on any atom is -0.289 e. The molecule has 0 amide bonds. The highest BCUT2D eigenvalue weighted by Crippen LogP contribution is 2.35. The summed E-state index contributed by atoms with van der Waals surface area (Å²) >= 11 is 12.6. The molecule has 0 atom stereocenters. The minimum absolute atomic E-state index is 0.0897. The van der Waals surface area contributed by atoms with Gasteiger partial charge in [-0.25, -0.2) is 0 Å². The van der Waals surface area contributed by atoms with Gasteiger partial charge in [-0.1, -0.05) is 53.5 Å². The minimum atomic E-state index is -0.0897. The summed E-state index contributed by atoms with van der Waals surface area (Å²) in [6, 6.07) is 9.10. The molecule has 0 unspecified atom stereocenters. The van der Waals surface area contributed by atoms with Crippen molar-refractivity contribution in [3.8, 4) is 0 Å². The van der Waals surface area contributed by atoms with E-state index in [-0.39, 0.29) is 5.78 Å². The lowest BCUT2D eigenvalue weighted by atomic mass is 9.94. The first-order chi connectivity index (χ1) is 8.95. The van der Waals surface area contributed by atoms with Gasteiger partial charge in [-0.3, -0.25) is 4.79 Å². The van der Waals surface area contributed by atoms with Crippen LogP contribution in [-0.2, 0) is 0 Å². The fourth-order valence-electron chi connectivity index (χ4n) is 2.08. The van der Waals surface area contributed by atoms with Gasteiger partial charge in [0.25, 0.3) is 0 Å². The quantitative estimate of drug-likeness (QED) is 0.700. The van der Waals surface area contributed by atoms with E-state index in [9.17, 15) is 4.79 Å². The van der Waals surface area contributed by atoms with Crippen molar-refractivity contribution < 1.29 is 4.79 Å². The van der Waals surface area contributed by atoms with Crippen LogP contribution in [-0.4, -0.2) is 5.78 Å². The number of ketones is 1. The third kappa shape index (κ3) is 2.41. The summed E-state index contributed by atoms with van der Waals surface area (Å²) in [7, 11) is 0. The van der Waals surface area contributed by atoms with Gasteiger partial charge in [-0.05, 0) is 37.5 Å². The van der Waals surface area contributed by atoms with E-state index in [1.165, 1.54) is 0 Å². The van der Waals surface area contributed by atoms with Crippen molar-refractivity contribution in [2.24, 2.45) is 0 Å². The second-order valence-electron chi connectivity index (χ2n) is 4.57. The van der Waals surface area contributed by atoms with Crippen LogP contribution in [0.2, 0.25) is 10.0 Å². The zero-order valence-electron chi connectivity index (χ0n) is 11.1. The third-order valence-electron chi connectivity index (χ3n) is 3.41. The Labute approximate surface area is 123 Å². The van der Waals surface area contributed by atoms with Crippen molar-refractivity contribution in [1.29, 1.82) is 0 Å². The molecule has 1 nitrogen and oxygen atoms in total. The van der Waals surface area contributed by atoms with Crippen molar-refractivity contribution >= 4 is 29.0 Å². The predicted molar refractivity (Wildman–Crippen MR) is 80.5 cm³/mol. The fraction of sp³-hybridized carbons (Fsp3) is 0.188. The Kier molecular flexibility index (Phi) is 3.98. The Morgan fingerprint density at radius 1 is 0.842 bits per heavy atom. The highest BCUT2D eigenvalue weighted by Gasteiger charge is 2.21. The number of carbonyl (C=O) groups excluding carboxylic acids is 1. The van der Waals surface area contributed by atoms with Crippen LogP contribution in [0.5, 0.6) is 0 Å². The van der Waals surface area contributed by atoms with E-state index in [4.69, 9.17) is 23.2 Å². The average molecular weight is 293 g/mol. The summed E-state index contributed by atoms with van der Waals surface area (Å²) in [6.45, 7) is 5.62. The summed E-state index contributed by atoms with van der Waals surface area (Å²) < 4.78 is 0. The zero-order valence-corrected chi connectivity index (χ0v) is 12.6. The smallest absolute Gasteiger partial charge is 0.194 e. The summed E-state index contributed by atoms with van der Waals surface area (Å²) in [6.07, 6.45) is 0. The fourth-order valence-corrected chi connectivity index (χ4v) is 2.68. The number of benzene rings is 2. The molecule has 0 fully saturated rings. The maximum Gasteiger partial charge on any atom is 0.194 e. The van der Waals surface area contributed by atoms with Crippen molar-refractivity contribution in [1.82, 2.24) is 0 Å². The Morgan fingerprint density at radius 2 is 1.37 bits per heavy atom.